The van der Waals surface area contributed by atoms with Crippen LogP contribution in [0.3, 0.4) is 0 Å². The lowest BCUT2D eigenvalue weighted by Crippen LogP contribution is -1.83. The van der Waals surface area contributed by atoms with Gasteiger partial charge >= 0.3 is 0 Å². The fourth-order valence-corrected chi connectivity index (χ4v) is 3.31. The number of aliphatic hydroxyl groups is 1. The van der Waals surface area contributed by atoms with Crippen molar-refractivity contribution >= 4 is 6.29 Å². The van der Waals surface area contributed by atoms with Gasteiger partial charge in [-0.05, 0) is 32.1 Å². The molecule has 0 aromatic carbocycles. The van der Waals surface area contributed by atoms with Gasteiger partial charge in [0.1, 0.15) is 6.29 Å². The summed E-state index contributed by atoms with van der Waals surface area (Å²) in [5.74, 6) is 0. The van der Waals surface area contributed by atoms with Gasteiger partial charge in [-0.3, -0.25) is 0 Å². The Balaban J connectivity index is 0. The van der Waals surface area contributed by atoms with Crippen LogP contribution in [0.5, 0.6) is 0 Å². The van der Waals surface area contributed by atoms with E-state index in [0.717, 1.165) is 25.5 Å². The molecule has 0 saturated carbocycles. The fourth-order valence-electron chi connectivity index (χ4n) is 3.31. The summed E-state index contributed by atoms with van der Waals surface area (Å²) >= 11 is 0. The molecule has 0 aromatic heterocycles. The Morgan fingerprint density at radius 1 is 0.500 bits per heavy atom. The molecule has 0 amide bonds. The second-order valence-electron chi connectivity index (χ2n) is 8.42. The molecule has 0 aliphatic rings. The molecule has 2 heteroatoms. The maximum atomic E-state index is 10.0. The molecular formula is C28H54O2. The maximum absolute atomic E-state index is 10.0. The van der Waals surface area contributed by atoms with Crippen LogP contribution in [0.15, 0.2) is 24.3 Å². The standard InChI is InChI=1S/C16H30O.C12H24O/c1-2-3-4-5-6-7-8-9-10-11-12-13-14-15-16-17;1-2-3-4-5-6-7-8-9-10-11-12-13/h4-7,17H,2-3,8-16H2,1H3;12H,2-11H2,1H3/b5-4?,7-6-;. The summed E-state index contributed by atoms with van der Waals surface area (Å²) in [6, 6.07) is 0. The third-order valence-corrected chi connectivity index (χ3v) is 5.29. The van der Waals surface area contributed by atoms with Gasteiger partial charge in [0.15, 0.2) is 0 Å². The summed E-state index contributed by atoms with van der Waals surface area (Å²) in [6.45, 7) is 4.81. The molecule has 1 N–H and O–H groups in total. The van der Waals surface area contributed by atoms with Crippen molar-refractivity contribution in [3.63, 3.8) is 0 Å². The van der Waals surface area contributed by atoms with Crippen LogP contribution in [-0.4, -0.2) is 18.0 Å². The van der Waals surface area contributed by atoms with Crippen LogP contribution in [0.4, 0.5) is 0 Å². The number of aliphatic hydroxyl groups excluding tert-OH is 1. The van der Waals surface area contributed by atoms with Crippen LogP contribution in [0.2, 0.25) is 0 Å². The van der Waals surface area contributed by atoms with Crippen LogP contribution >= 0.6 is 0 Å². The molecule has 0 unspecified atom stereocenters. The Kier molecular flexibility index (Phi) is 34.2. The molecule has 0 aliphatic carbocycles. The molecule has 0 radical (unpaired) electrons. The maximum Gasteiger partial charge on any atom is 0.119 e. The molecule has 178 valence electrons. The fraction of sp³-hybridized carbons (Fsp3) is 0.821. The summed E-state index contributed by atoms with van der Waals surface area (Å²) in [5.41, 5.74) is 0. The third-order valence-electron chi connectivity index (χ3n) is 5.29. The summed E-state index contributed by atoms with van der Waals surface area (Å²) < 4.78 is 0. The van der Waals surface area contributed by atoms with Gasteiger partial charge in [-0.1, -0.05) is 128 Å². The van der Waals surface area contributed by atoms with Crippen molar-refractivity contribution in [3.8, 4) is 0 Å². The first kappa shape index (κ1) is 31.3. The smallest absolute Gasteiger partial charge is 0.119 e. The van der Waals surface area contributed by atoms with Gasteiger partial charge in [-0.15, -0.1) is 0 Å². The molecule has 2 nitrogen and oxygen atoms in total. The number of allylic oxidation sites excluding steroid dienone is 4. The molecule has 30 heavy (non-hydrogen) atoms. The van der Waals surface area contributed by atoms with Crippen molar-refractivity contribution in [1.82, 2.24) is 0 Å². The van der Waals surface area contributed by atoms with Crippen molar-refractivity contribution in [2.75, 3.05) is 6.61 Å². The highest BCUT2D eigenvalue weighted by atomic mass is 16.2. The molecule has 0 rings (SSSR count). The van der Waals surface area contributed by atoms with Crippen LogP contribution in [0.25, 0.3) is 0 Å². The van der Waals surface area contributed by atoms with Gasteiger partial charge in [0.05, 0.1) is 0 Å². The summed E-state index contributed by atoms with van der Waals surface area (Å²) in [5, 5.41) is 8.63. The highest BCUT2D eigenvalue weighted by molar-refractivity contribution is 5.48. The van der Waals surface area contributed by atoms with Gasteiger partial charge in [0, 0.05) is 13.0 Å². The predicted octanol–water partition coefficient (Wildman–Crippen LogP) is 9.12. The van der Waals surface area contributed by atoms with Crippen molar-refractivity contribution in [3.05, 3.63) is 24.3 Å². The molecule has 0 aliphatic heterocycles. The lowest BCUT2D eigenvalue weighted by molar-refractivity contribution is -0.107. The topological polar surface area (TPSA) is 37.3 Å². The Hall–Kier alpha value is -0.890. The van der Waals surface area contributed by atoms with Crippen molar-refractivity contribution < 1.29 is 9.90 Å². The quantitative estimate of drug-likeness (QED) is 0.107. The van der Waals surface area contributed by atoms with Crippen LogP contribution in [-0.2, 0) is 4.79 Å². The Morgan fingerprint density at radius 3 is 1.40 bits per heavy atom. The van der Waals surface area contributed by atoms with Crippen LogP contribution < -0.4 is 0 Å². The first-order valence-electron chi connectivity index (χ1n) is 13.2. The Labute approximate surface area is 189 Å². The molecular weight excluding hydrogens is 368 g/mol. The number of hydrogen-bond donors (Lipinski definition) is 1. The van der Waals surface area contributed by atoms with Gasteiger partial charge in [-0.2, -0.15) is 0 Å². The average Bonchev–Trinajstić information content (AvgIpc) is 2.76. The first-order chi connectivity index (χ1) is 14.8. The van der Waals surface area contributed by atoms with Gasteiger partial charge in [0.2, 0.25) is 0 Å². The van der Waals surface area contributed by atoms with E-state index in [9.17, 15) is 4.79 Å². The molecule has 0 atom stereocenters. The number of rotatable bonds is 22. The lowest BCUT2D eigenvalue weighted by Gasteiger charge is -1.99. The van der Waals surface area contributed by atoms with Gasteiger partial charge in [-0.25, -0.2) is 0 Å². The minimum atomic E-state index is 0.357. The Morgan fingerprint density at radius 2 is 0.933 bits per heavy atom. The zero-order chi connectivity index (χ0) is 22.4. The van der Waals surface area contributed by atoms with E-state index in [4.69, 9.17) is 5.11 Å². The minimum Gasteiger partial charge on any atom is -0.396 e. The van der Waals surface area contributed by atoms with Gasteiger partial charge in [0.25, 0.3) is 0 Å². The van der Waals surface area contributed by atoms with Crippen LogP contribution in [0.1, 0.15) is 142 Å². The zero-order valence-electron chi connectivity index (χ0n) is 20.6. The van der Waals surface area contributed by atoms with Gasteiger partial charge < -0.3 is 9.90 Å². The number of aldehydes is 1. The number of hydrogen-bond acceptors (Lipinski definition) is 2. The molecule has 0 saturated heterocycles. The number of unbranched alkanes of at least 4 members (excludes halogenated alkanes) is 17. The van der Waals surface area contributed by atoms with Crippen LogP contribution in [0, 0.1) is 0 Å². The SMILES string of the molecule is CCCC=C/C=C\CCCCCCCCCO.CCCCCCCCCCCC=O. The Bertz CT molecular complexity index is 347. The van der Waals surface area contributed by atoms with E-state index < -0.39 is 0 Å². The van der Waals surface area contributed by atoms with E-state index in [1.165, 1.54) is 109 Å². The highest BCUT2D eigenvalue weighted by Gasteiger charge is 1.91. The summed E-state index contributed by atoms with van der Waals surface area (Å²) in [4.78, 5) is 10.0. The van der Waals surface area contributed by atoms with Crippen molar-refractivity contribution in [1.29, 1.82) is 0 Å². The zero-order valence-corrected chi connectivity index (χ0v) is 20.6. The summed E-state index contributed by atoms with van der Waals surface area (Å²) in [6.07, 6.45) is 35.0. The average molecular weight is 423 g/mol. The van der Waals surface area contributed by atoms with E-state index >= 15 is 0 Å². The molecule has 0 heterocycles. The van der Waals surface area contributed by atoms with Crippen molar-refractivity contribution in [2.45, 2.75) is 142 Å². The monoisotopic (exact) mass is 422 g/mol. The lowest BCUT2D eigenvalue weighted by atomic mass is 10.1. The molecule has 0 aromatic rings. The van der Waals surface area contributed by atoms with Crippen molar-refractivity contribution in [2.24, 2.45) is 0 Å². The highest BCUT2D eigenvalue weighted by Crippen LogP contribution is 2.10. The third kappa shape index (κ3) is 34.6. The number of carbonyl (C=O) groups excluding carboxylic acids is 1. The molecule has 0 spiro atoms. The number of carbonyl (C=O) groups is 1. The minimum absolute atomic E-state index is 0.357. The molecule has 0 fully saturated rings. The van der Waals surface area contributed by atoms with E-state index in [1.54, 1.807) is 0 Å². The van der Waals surface area contributed by atoms with E-state index in [2.05, 4.69) is 38.2 Å². The first-order valence-corrected chi connectivity index (χ1v) is 13.2. The largest absolute Gasteiger partial charge is 0.396 e. The van der Waals surface area contributed by atoms with E-state index in [-0.39, 0.29) is 0 Å². The second-order valence-corrected chi connectivity index (χ2v) is 8.42. The normalized spacial score (nSPS) is 11.2. The second kappa shape index (κ2) is 32.8. The predicted molar refractivity (Wildman–Crippen MR) is 135 cm³/mol. The van der Waals surface area contributed by atoms with E-state index in [1.807, 2.05) is 0 Å². The van der Waals surface area contributed by atoms with E-state index in [0.29, 0.717) is 6.61 Å². The summed E-state index contributed by atoms with van der Waals surface area (Å²) in [7, 11) is 0. The molecule has 0 bridgehead atoms.